The molecule has 28 heavy (non-hydrogen) atoms. The number of para-hydroxylation sites is 1. The van der Waals surface area contributed by atoms with Crippen molar-refractivity contribution in [3.8, 4) is 5.75 Å². The van der Waals surface area contributed by atoms with Crippen molar-refractivity contribution in [1.82, 2.24) is 10.3 Å². The minimum Gasteiger partial charge on any atom is -0.496 e. The summed E-state index contributed by atoms with van der Waals surface area (Å²) >= 11 is 0. The van der Waals surface area contributed by atoms with Crippen LogP contribution >= 0.6 is 0 Å². The highest BCUT2D eigenvalue weighted by Gasteiger charge is 2.12. The van der Waals surface area contributed by atoms with Crippen molar-refractivity contribution in [3.63, 3.8) is 0 Å². The molecule has 0 bridgehead atoms. The van der Waals surface area contributed by atoms with Gasteiger partial charge in [0.15, 0.2) is 0 Å². The Kier molecular flexibility index (Phi) is 6.63. The Labute approximate surface area is 166 Å². The van der Waals surface area contributed by atoms with E-state index in [9.17, 15) is 4.79 Å². The first-order valence-corrected chi connectivity index (χ1v) is 9.35. The SMILES string of the molecule is CCN(Cc1ccccc1)c1cncc(C(=O)NCc2ccccc2OC)c1. The first-order valence-electron chi connectivity index (χ1n) is 9.35. The first-order chi connectivity index (χ1) is 13.7. The number of hydrogen-bond acceptors (Lipinski definition) is 4. The Morgan fingerprint density at radius 3 is 2.57 bits per heavy atom. The van der Waals surface area contributed by atoms with Crippen LogP contribution in [0.5, 0.6) is 5.75 Å². The van der Waals surface area contributed by atoms with Crippen LogP contribution in [-0.2, 0) is 13.1 Å². The topological polar surface area (TPSA) is 54.5 Å². The Morgan fingerprint density at radius 1 is 1.07 bits per heavy atom. The van der Waals surface area contributed by atoms with E-state index in [4.69, 9.17) is 4.74 Å². The molecule has 3 aromatic rings. The van der Waals surface area contributed by atoms with E-state index in [-0.39, 0.29) is 5.91 Å². The van der Waals surface area contributed by atoms with Gasteiger partial charge in [-0.2, -0.15) is 0 Å². The van der Waals surface area contributed by atoms with E-state index in [1.807, 2.05) is 48.5 Å². The molecule has 1 N–H and O–H groups in total. The number of carbonyl (C=O) groups excluding carboxylic acids is 1. The third-order valence-electron chi connectivity index (χ3n) is 4.58. The van der Waals surface area contributed by atoms with Crippen LogP contribution in [0.4, 0.5) is 5.69 Å². The number of hydrogen-bond donors (Lipinski definition) is 1. The summed E-state index contributed by atoms with van der Waals surface area (Å²) in [7, 11) is 1.63. The minimum atomic E-state index is -0.156. The molecule has 5 heteroatoms. The van der Waals surface area contributed by atoms with Gasteiger partial charge in [-0.25, -0.2) is 0 Å². The maximum atomic E-state index is 12.6. The Morgan fingerprint density at radius 2 is 1.82 bits per heavy atom. The zero-order valence-electron chi connectivity index (χ0n) is 16.3. The lowest BCUT2D eigenvalue weighted by atomic mass is 10.1. The predicted molar refractivity (Wildman–Crippen MR) is 112 cm³/mol. The maximum Gasteiger partial charge on any atom is 0.253 e. The molecule has 0 saturated carbocycles. The number of carbonyl (C=O) groups is 1. The molecule has 0 atom stereocenters. The lowest BCUT2D eigenvalue weighted by Crippen LogP contribution is -2.25. The molecule has 2 aromatic carbocycles. The van der Waals surface area contributed by atoms with Gasteiger partial charge >= 0.3 is 0 Å². The molecule has 0 aliphatic rings. The third kappa shape index (κ3) is 4.88. The number of anilines is 1. The number of methoxy groups -OCH3 is 1. The molecule has 1 amide bonds. The summed E-state index contributed by atoms with van der Waals surface area (Å²) in [6.45, 7) is 4.08. The normalized spacial score (nSPS) is 10.4. The van der Waals surface area contributed by atoms with E-state index in [1.54, 1.807) is 19.5 Å². The van der Waals surface area contributed by atoms with Gasteiger partial charge in [0.25, 0.3) is 5.91 Å². The van der Waals surface area contributed by atoms with Crippen LogP contribution in [0, 0.1) is 0 Å². The fourth-order valence-corrected chi connectivity index (χ4v) is 3.04. The number of amides is 1. The Hall–Kier alpha value is -3.34. The summed E-state index contributed by atoms with van der Waals surface area (Å²) in [4.78, 5) is 19.1. The van der Waals surface area contributed by atoms with Gasteiger partial charge in [0.05, 0.1) is 24.6 Å². The fourth-order valence-electron chi connectivity index (χ4n) is 3.04. The highest BCUT2D eigenvalue weighted by molar-refractivity contribution is 5.94. The number of pyridine rings is 1. The zero-order valence-corrected chi connectivity index (χ0v) is 16.3. The van der Waals surface area contributed by atoms with Crippen LogP contribution in [0.15, 0.2) is 73.1 Å². The first kappa shape index (κ1) is 19.4. The highest BCUT2D eigenvalue weighted by Crippen LogP contribution is 2.19. The van der Waals surface area contributed by atoms with E-state index < -0.39 is 0 Å². The molecule has 0 aliphatic carbocycles. The highest BCUT2D eigenvalue weighted by atomic mass is 16.5. The number of nitrogens with one attached hydrogen (secondary N) is 1. The lowest BCUT2D eigenvalue weighted by molar-refractivity contribution is 0.0950. The summed E-state index contributed by atoms with van der Waals surface area (Å²) in [6.07, 6.45) is 3.39. The second-order valence-corrected chi connectivity index (χ2v) is 6.43. The molecule has 144 valence electrons. The Bertz CT molecular complexity index is 912. The quantitative estimate of drug-likeness (QED) is 0.645. The molecule has 0 radical (unpaired) electrons. The molecule has 0 aliphatic heterocycles. The monoisotopic (exact) mass is 375 g/mol. The van der Waals surface area contributed by atoms with Gasteiger partial charge in [0.2, 0.25) is 0 Å². The largest absolute Gasteiger partial charge is 0.496 e. The standard InChI is InChI=1S/C23H25N3O2/c1-3-26(17-18-9-5-4-6-10-18)21-13-20(14-24-16-21)23(27)25-15-19-11-7-8-12-22(19)28-2/h4-14,16H,3,15,17H2,1-2H3,(H,25,27). The van der Waals surface area contributed by atoms with E-state index >= 15 is 0 Å². The lowest BCUT2D eigenvalue weighted by Gasteiger charge is -2.23. The van der Waals surface area contributed by atoms with Crippen LogP contribution in [0.2, 0.25) is 0 Å². The fraction of sp³-hybridized carbons (Fsp3) is 0.217. The molecule has 1 aromatic heterocycles. The third-order valence-corrected chi connectivity index (χ3v) is 4.58. The van der Waals surface area contributed by atoms with Gasteiger partial charge in [0.1, 0.15) is 5.75 Å². The van der Waals surface area contributed by atoms with Gasteiger partial charge < -0.3 is 15.0 Å². The number of ether oxygens (including phenoxy) is 1. The van der Waals surface area contributed by atoms with Crippen molar-refractivity contribution in [1.29, 1.82) is 0 Å². The van der Waals surface area contributed by atoms with Crippen LogP contribution in [0.25, 0.3) is 0 Å². The zero-order chi connectivity index (χ0) is 19.8. The van der Waals surface area contributed by atoms with Gasteiger partial charge in [-0.1, -0.05) is 48.5 Å². The van der Waals surface area contributed by atoms with E-state index in [1.165, 1.54) is 5.56 Å². The average molecular weight is 375 g/mol. The van der Waals surface area contributed by atoms with E-state index in [0.717, 1.165) is 30.1 Å². The molecule has 3 rings (SSSR count). The van der Waals surface area contributed by atoms with Crippen molar-refractivity contribution in [2.24, 2.45) is 0 Å². The van der Waals surface area contributed by atoms with Crippen LogP contribution in [-0.4, -0.2) is 24.5 Å². The number of benzene rings is 2. The summed E-state index contributed by atoms with van der Waals surface area (Å²) in [5, 5.41) is 2.95. The molecule has 0 fully saturated rings. The second kappa shape index (κ2) is 9.55. The summed E-state index contributed by atoms with van der Waals surface area (Å²) in [5.74, 6) is 0.603. The van der Waals surface area contributed by atoms with Crippen molar-refractivity contribution < 1.29 is 9.53 Å². The van der Waals surface area contributed by atoms with Crippen LogP contribution in [0.1, 0.15) is 28.4 Å². The van der Waals surface area contributed by atoms with E-state index in [0.29, 0.717) is 12.1 Å². The van der Waals surface area contributed by atoms with Crippen LogP contribution in [0.3, 0.4) is 0 Å². The summed E-state index contributed by atoms with van der Waals surface area (Å²) in [6, 6.07) is 19.8. The number of nitrogens with zero attached hydrogens (tertiary/aromatic N) is 2. The van der Waals surface area contributed by atoms with Gasteiger partial charge in [-0.15, -0.1) is 0 Å². The predicted octanol–water partition coefficient (Wildman–Crippen LogP) is 4.05. The van der Waals surface area contributed by atoms with Crippen molar-refractivity contribution in [2.45, 2.75) is 20.0 Å². The minimum absolute atomic E-state index is 0.156. The van der Waals surface area contributed by atoms with Gasteiger partial charge in [-0.05, 0) is 24.6 Å². The van der Waals surface area contributed by atoms with E-state index in [2.05, 4.69) is 34.3 Å². The van der Waals surface area contributed by atoms with Gasteiger partial charge in [0, 0.05) is 31.4 Å². The molecule has 0 unspecified atom stereocenters. The summed E-state index contributed by atoms with van der Waals surface area (Å²) in [5.41, 5.74) is 3.62. The molecular weight excluding hydrogens is 350 g/mol. The molecule has 1 heterocycles. The van der Waals surface area contributed by atoms with Gasteiger partial charge in [-0.3, -0.25) is 9.78 Å². The maximum absolute atomic E-state index is 12.6. The smallest absolute Gasteiger partial charge is 0.253 e. The molecule has 5 nitrogen and oxygen atoms in total. The van der Waals surface area contributed by atoms with Crippen molar-refractivity contribution in [2.75, 3.05) is 18.6 Å². The van der Waals surface area contributed by atoms with Crippen LogP contribution < -0.4 is 15.0 Å². The van der Waals surface area contributed by atoms with Crippen molar-refractivity contribution in [3.05, 3.63) is 89.7 Å². The molecular formula is C23H25N3O2. The average Bonchev–Trinajstić information content (AvgIpc) is 2.76. The Balaban J connectivity index is 1.70. The molecule has 0 saturated heterocycles. The van der Waals surface area contributed by atoms with Crippen molar-refractivity contribution >= 4 is 11.6 Å². The molecule has 0 spiro atoms. The second-order valence-electron chi connectivity index (χ2n) is 6.43. The number of rotatable bonds is 8. The number of aromatic nitrogens is 1. The summed E-state index contributed by atoms with van der Waals surface area (Å²) < 4.78 is 5.33.